The number of fused-ring (bicyclic) bond motifs is 1. The molecule has 0 unspecified atom stereocenters. The SMILES string of the molecule is Oc1ccc2c(c1)SCC(c1ccc(Cl)nc1F)=C2c1ccc(O[C@H]2CCN(CCCF)C2)cc1. The number of rotatable bonds is 7. The van der Waals surface area contributed by atoms with Crippen molar-refractivity contribution in [1.82, 2.24) is 9.88 Å². The smallest absolute Gasteiger partial charge is 0.221 e. The van der Waals surface area contributed by atoms with Gasteiger partial charge in [-0.1, -0.05) is 23.7 Å². The first-order valence-electron chi connectivity index (χ1n) is 11.6. The number of hydrogen-bond donors (Lipinski definition) is 1. The Bertz CT molecular complexity index is 1250. The standard InChI is InChI=1S/C27H25ClF2N2O2S/c28-25-9-8-21(27(30)31-25)23-16-35-24-14-18(33)4-7-22(24)26(23)17-2-5-19(6-3-17)34-20-10-13-32(15-20)12-1-11-29/h2-9,14,20,33H,1,10-13,15-16H2/t20-/m0/s1. The summed E-state index contributed by atoms with van der Waals surface area (Å²) in [6.07, 6.45) is 1.56. The molecule has 35 heavy (non-hydrogen) atoms. The van der Waals surface area contributed by atoms with E-state index in [2.05, 4.69) is 9.88 Å². The van der Waals surface area contributed by atoms with Crippen LogP contribution < -0.4 is 4.74 Å². The first kappa shape index (κ1) is 24.1. The zero-order valence-electron chi connectivity index (χ0n) is 19.0. The molecule has 5 rings (SSSR count). The Kier molecular flexibility index (Phi) is 7.27. The van der Waals surface area contributed by atoms with Crippen LogP contribution in [0.1, 0.15) is 29.5 Å². The van der Waals surface area contributed by atoms with Crippen LogP contribution in [0.2, 0.25) is 5.15 Å². The van der Waals surface area contributed by atoms with Crippen LogP contribution >= 0.6 is 23.4 Å². The van der Waals surface area contributed by atoms with Crippen LogP contribution in [0.25, 0.3) is 11.1 Å². The Morgan fingerprint density at radius 2 is 1.91 bits per heavy atom. The van der Waals surface area contributed by atoms with Crippen molar-refractivity contribution in [3.05, 3.63) is 82.4 Å². The topological polar surface area (TPSA) is 45.6 Å². The maximum Gasteiger partial charge on any atom is 0.221 e. The molecule has 2 aromatic carbocycles. The zero-order chi connectivity index (χ0) is 24.4. The number of alkyl halides is 1. The predicted octanol–water partition coefficient (Wildman–Crippen LogP) is 6.46. The quantitative estimate of drug-likeness (QED) is 0.367. The lowest BCUT2D eigenvalue weighted by atomic mass is 9.90. The summed E-state index contributed by atoms with van der Waals surface area (Å²) in [5.41, 5.74) is 3.98. The third-order valence-corrected chi connectivity index (χ3v) is 7.62. The number of pyridine rings is 1. The van der Waals surface area contributed by atoms with Gasteiger partial charge >= 0.3 is 0 Å². The van der Waals surface area contributed by atoms with Gasteiger partial charge in [0, 0.05) is 35.8 Å². The minimum atomic E-state index is -0.605. The molecule has 0 spiro atoms. The molecule has 0 radical (unpaired) electrons. The fourth-order valence-electron chi connectivity index (χ4n) is 4.67. The average Bonchev–Trinajstić information content (AvgIpc) is 3.30. The van der Waals surface area contributed by atoms with E-state index in [9.17, 15) is 13.9 Å². The number of phenols is 1. The van der Waals surface area contributed by atoms with E-state index in [1.54, 1.807) is 36.0 Å². The number of benzene rings is 2. The summed E-state index contributed by atoms with van der Waals surface area (Å²) >= 11 is 7.44. The number of likely N-dealkylation sites (tertiary alicyclic amines) is 1. The van der Waals surface area contributed by atoms with Gasteiger partial charge in [-0.2, -0.15) is 4.39 Å². The lowest BCUT2D eigenvalue weighted by molar-refractivity contribution is 0.198. The molecule has 2 aliphatic heterocycles. The predicted molar refractivity (Wildman–Crippen MR) is 136 cm³/mol. The van der Waals surface area contributed by atoms with Crippen LogP contribution in [-0.4, -0.2) is 53.2 Å². The van der Waals surface area contributed by atoms with E-state index in [0.717, 1.165) is 59.0 Å². The third-order valence-electron chi connectivity index (χ3n) is 6.33. The summed E-state index contributed by atoms with van der Waals surface area (Å²) in [4.78, 5) is 6.98. The van der Waals surface area contributed by atoms with E-state index in [0.29, 0.717) is 17.7 Å². The highest BCUT2D eigenvalue weighted by Crippen LogP contribution is 2.45. The molecule has 2 aliphatic rings. The van der Waals surface area contributed by atoms with E-state index >= 15 is 0 Å². The van der Waals surface area contributed by atoms with Gasteiger partial charge in [0.15, 0.2) is 0 Å². The second-order valence-corrected chi connectivity index (χ2v) is 10.1. The van der Waals surface area contributed by atoms with Crippen molar-refractivity contribution >= 4 is 34.5 Å². The van der Waals surface area contributed by atoms with Crippen molar-refractivity contribution in [3.63, 3.8) is 0 Å². The van der Waals surface area contributed by atoms with Crippen LogP contribution in [0.3, 0.4) is 0 Å². The van der Waals surface area contributed by atoms with Crippen molar-refractivity contribution in [1.29, 1.82) is 0 Å². The van der Waals surface area contributed by atoms with Crippen molar-refractivity contribution in [2.75, 3.05) is 32.1 Å². The Morgan fingerprint density at radius 3 is 2.69 bits per heavy atom. The lowest BCUT2D eigenvalue weighted by Gasteiger charge is -2.24. The molecule has 1 aromatic heterocycles. The van der Waals surface area contributed by atoms with Crippen molar-refractivity contribution in [2.45, 2.75) is 23.8 Å². The highest BCUT2D eigenvalue weighted by molar-refractivity contribution is 7.99. The second-order valence-electron chi connectivity index (χ2n) is 8.69. The van der Waals surface area contributed by atoms with Crippen molar-refractivity contribution < 1.29 is 18.6 Å². The molecule has 0 bridgehead atoms. The minimum Gasteiger partial charge on any atom is -0.508 e. The van der Waals surface area contributed by atoms with E-state index in [1.165, 1.54) is 0 Å². The number of hydrogen-bond acceptors (Lipinski definition) is 5. The van der Waals surface area contributed by atoms with Gasteiger partial charge in [0.1, 0.15) is 22.8 Å². The molecule has 1 fully saturated rings. The molecule has 0 amide bonds. The molecule has 1 atom stereocenters. The highest BCUT2D eigenvalue weighted by atomic mass is 35.5. The Balaban J connectivity index is 1.46. The molecule has 1 saturated heterocycles. The monoisotopic (exact) mass is 514 g/mol. The number of aromatic hydroxyl groups is 1. The summed E-state index contributed by atoms with van der Waals surface area (Å²) in [6.45, 7) is 2.18. The van der Waals surface area contributed by atoms with Gasteiger partial charge in [0.05, 0.1) is 6.67 Å². The van der Waals surface area contributed by atoms with E-state index < -0.39 is 5.95 Å². The summed E-state index contributed by atoms with van der Waals surface area (Å²) in [6, 6.07) is 16.3. The van der Waals surface area contributed by atoms with Crippen LogP contribution in [0.15, 0.2) is 59.5 Å². The first-order chi connectivity index (χ1) is 17.0. The molecule has 3 aromatic rings. The maximum absolute atomic E-state index is 14.8. The van der Waals surface area contributed by atoms with Crippen LogP contribution in [0.5, 0.6) is 11.5 Å². The number of nitrogens with zero attached hydrogens (tertiary/aromatic N) is 2. The van der Waals surface area contributed by atoms with Crippen molar-refractivity contribution in [2.24, 2.45) is 0 Å². The fourth-order valence-corrected chi connectivity index (χ4v) is 5.94. The Morgan fingerprint density at radius 1 is 1.11 bits per heavy atom. The Labute approximate surface area is 212 Å². The molecule has 0 saturated carbocycles. The molecular weight excluding hydrogens is 490 g/mol. The van der Waals surface area contributed by atoms with Gasteiger partial charge in [0.25, 0.3) is 0 Å². The normalized spacial score (nSPS) is 18.1. The lowest BCUT2D eigenvalue weighted by Crippen LogP contribution is -2.26. The first-order valence-corrected chi connectivity index (χ1v) is 13.0. The summed E-state index contributed by atoms with van der Waals surface area (Å²) in [5, 5.41) is 10.1. The summed E-state index contributed by atoms with van der Waals surface area (Å²) < 4.78 is 33.5. The van der Waals surface area contributed by atoms with Crippen LogP contribution in [0.4, 0.5) is 8.78 Å². The minimum absolute atomic E-state index is 0.0826. The zero-order valence-corrected chi connectivity index (χ0v) is 20.6. The molecule has 3 heterocycles. The molecule has 8 heteroatoms. The van der Waals surface area contributed by atoms with Crippen LogP contribution in [0, 0.1) is 5.95 Å². The van der Waals surface area contributed by atoms with Gasteiger partial charge in [-0.25, -0.2) is 4.98 Å². The molecule has 4 nitrogen and oxygen atoms in total. The maximum atomic E-state index is 14.8. The molecular formula is C27H25ClF2N2O2S. The Hall–Kier alpha value is -2.61. The van der Waals surface area contributed by atoms with E-state index in [4.69, 9.17) is 16.3 Å². The number of phenolic OH excluding ortho intramolecular Hbond substituents is 1. The van der Waals surface area contributed by atoms with E-state index in [-0.39, 0.29) is 23.7 Å². The molecule has 1 N–H and O–H groups in total. The molecule has 0 aliphatic carbocycles. The summed E-state index contributed by atoms with van der Waals surface area (Å²) in [7, 11) is 0. The number of ether oxygens (including phenoxy) is 1. The fraction of sp³-hybridized carbons (Fsp3) is 0.296. The largest absolute Gasteiger partial charge is 0.508 e. The summed E-state index contributed by atoms with van der Waals surface area (Å²) in [5.74, 6) is 0.885. The van der Waals surface area contributed by atoms with Crippen LogP contribution in [-0.2, 0) is 0 Å². The van der Waals surface area contributed by atoms with Gasteiger partial charge in [-0.15, -0.1) is 11.8 Å². The second kappa shape index (κ2) is 10.6. The number of thioether (sulfide) groups is 1. The number of aromatic nitrogens is 1. The van der Waals surface area contributed by atoms with Gasteiger partial charge in [-0.05, 0) is 77.6 Å². The van der Waals surface area contributed by atoms with E-state index in [1.807, 2.05) is 30.3 Å². The van der Waals surface area contributed by atoms with Gasteiger partial charge in [0.2, 0.25) is 5.95 Å². The third kappa shape index (κ3) is 5.32. The number of halogens is 3. The average molecular weight is 515 g/mol. The van der Waals surface area contributed by atoms with Crippen molar-refractivity contribution in [3.8, 4) is 11.5 Å². The molecule has 182 valence electrons. The van der Waals surface area contributed by atoms with Gasteiger partial charge in [-0.3, -0.25) is 9.29 Å². The van der Waals surface area contributed by atoms with Gasteiger partial charge < -0.3 is 9.84 Å². The highest BCUT2D eigenvalue weighted by Gasteiger charge is 2.26.